The Kier molecular flexibility index (Phi) is 8.09. The number of allylic oxidation sites excluding steroid dienone is 1. The fourth-order valence-electron chi connectivity index (χ4n) is 4.46. The molecule has 1 heterocycles. The fraction of sp³-hybridized carbons (Fsp3) is 0.125. The first-order valence-corrected chi connectivity index (χ1v) is 13.1. The van der Waals surface area contributed by atoms with E-state index in [1.54, 1.807) is 66.7 Å². The Bertz CT molecular complexity index is 1680. The van der Waals surface area contributed by atoms with Gasteiger partial charge in [-0.2, -0.15) is 5.26 Å². The number of benzene rings is 4. The maximum absolute atomic E-state index is 13.3. The molecule has 1 atom stereocenters. The van der Waals surface area contributed by atoms with Crippen molar-refractivity contribution in [2.24, 2.45) is 5.73 Å². The van der Waals surface area contributed by atoms with Crippen molar-refractivity contribution in [2.45, 2.75) is 19.4 Å². The first kappa shape index (κ1) is 27.6. The summed E-state index contributed by atoms with van der Waals surface area (Å²) in [6.07, 6.45) is 0. The van der Waals surface area contributed by atoms with E-state index in [4.69, 9.17) is 36.3 Å². The Hall–Kier alpha value is -5.00. The minimum atomic E-state index is -0.623. The number of nitrogens with two attached hydrogens (primary N) is 1. The van der Waals surface area contributed by atoms with Gasteiger partial charge < -0.3 is 24.7 Å². The highest BCUT2D eigenvalue weighted by atomic mass is 35.5. The molecule has 1 aliphatic heterocycles. The standard InChI is InChI=1S/C32H24ClFN2O5/c1-2-38-29-15-20(9-14-27(29)39-18-19-7-10-21(34)11-8-19)30-24-13-12-22(16-28(24)41-31(36)25(30)17-35)40-32(37)23-5-3-4-6-26(23)33/h3-16,30H,2,18,36H2,1H3. The molecular weight excluding hydrogens is 547 g/mol. The predicted molar refractivity (Wildman–Crippen MR) is 150 cm³/mol. The Labute approximate surface area is 241 Å². The van der Waals surface area contributed by atoms with Crippen LogP contribution in [0.3, 0.4) is 0 Å². The van der Waals surface area contributed by atoms with Gasteiger partial charge in [0.1, 0.15) is 35.6 Å². The molecule has 0 amide bonds. The normalized spacial score (nSPS) is 14.0. The van der Waals surface area contributed by atoms with Crippen LogP contribution in [0.2, 0.25) is 5.02 Å². The van der Waals surface area contributed by atoms with Crippen molar-refractivity contribution < 1.29 is 28.1 Å². The maximum Gasteiger partial charge on any atom is 0.345 e. The third-order valence-electron chi connectivity index (χ3n) is 6.40. The lowest BCUT2D eigenvalue weighted by Gasteiger charge is -2.27. The molecule has 206 valence electrons. The van der Waals surface area contributed by atoms with Gasteiger partial charge >= 0.3 is 5.97 Å². The van der Waals surface area contributed by atoms with Crippen molar-refractivity contribution in [1.29, 1.82) is 5.26 Å². The molecule has 9 heteroatoms. The minimum absolute atomic E-state index is 0.0609. The van der Waals surface area contributed by atoms with Crippen LogP contribution in [0.15, 0.2) is 96.4 Å². The molecule has 1 unspecified atom stereocenters. The van der Waals surface area contributed by atoms with Crippen LogP contribution in [0, 0.1) is 17.1 Å². The summed E-state index contributed by atoms with van der Waals surface area (Å²) < 4.78 is 36.4. The van der Waals surface area contributed by atoms with Gasteiger partial charge in [-0.1, -0.05) is 48.0 Å². The molecule has 5 rings (SSSR count). The highest BCUT2D eigenvalue weighted by Gasteiger charge is 2.32. The molecule has 0 saturated heterocycles. The van der Waals surface area contributed by atoms with E-state index in [1.165, 1.54) is 12.1 Å². The van der Waals surface area contributed by atoms with Gasteiger partial charge in [-0.3, -0.25) is 0 Å². The monoisotopic (exact) mass is 570 g/mol. The molecule has 41 heavy (non-hydrogen) atoms. The molecule has 0 spiro atoms. The van der Waals surface area contributed by atoms with Crippen LogP contribution >= 0.6 is 11.6 Å². The summed E-state index contributed by atoms with van der Waals surface area (Å²) in [4.78, 5) is 12.7. The van der Waals surface area contributed by atoms with Crippen LogP contribution in [-0.2, 0) is 6.61 Å². The third-order valence-corrected chi connectivity index (χ3v) is 6.73. The van der Waals surface area contributed by atoms with Crippen LogP contribution in [0.5, 0.6) is 23.0 Å². The number of nitrogens with zero attached hydrogens (tertiary/aromatic N) is 1. The molecule has 0 bridgehead atoms. The highest BCUT2D eigenvalue weighted by molar-refractivity contribution is 6.33. The number of rotatable bonds is 8. The van der Waals surface area contributed by atoms with Gasteiger partial charge in [-0.05, 0) is 60.5 Å². The highest BCUT2D eigenvalue weighted by Crippen LogP contribution is 2.45. The van der Waals surface area contributed by atoms with E-state index in [0.717, 1.165) is 5.56 Å². The summed E-state index contributed by atoms with van der Waals surface area (Å²) in [6.45, 7) is 2.44. The molecule has 0 saturated carbocycles. The van der Waals surface area contributed by atoms with Crippen molar-refractivity contribution in [3.8, 4) is 29.1 Å². The lowest BCUT2D eigenvalue weighted by atomic mass is 9.83. The molecular formula is C32H24ClFN2O5. The van der Waals surface area contributed by atoms with Crippen LogP contribution in [0.4, 0.5) is 4.39 Å². The molecule has 4 aromatic rings. The molecule has 0 radical (unpaired) electrons. The Morgan fingerprint density at radius 3 is 2.54 bits per heavy atom. The second-order valence-corrected chi connectivity index (χ2v) is 9.46. The number of carbonyl (C=O) groups is 1. The zero-order chi connectivity index (χ0) is 28.9. The summed E-state index contributed by atoms with van der Waals surface area (Å²) in [5.74, 6) is -0.0637. The van der Waals surface area contributed by atoms with Crippen LogP contribution < -0.4 is 24.7 Å². The molecule has 0 aromatic heterocycles. The second-order valence-electron chi connectivity index (χ2n) is 9.05. The second kappa shape index (κ2) is 12.0. The minimum Gasteiger partial charge on any atom is -0.490 e. The Morgan fingerprint density at radius 1 is 1.02 bits per heavy atom. The van der Waals surface area contributed by atoms with Gasteiger partial charge in [0.05, 0.1) is 23.1 Å². The van der Waals surface area contributed by atoms with Gasteiger partial charge in [-0.15, -0.1) is 0 Å². The first-order chi connectivity index (χ1) is 19.9. The molecule has 4 aromatic carbocycles. The van der Waals surface area contributed by atoms with Gasteiger partial charge in [0.25, 0.3) is 0 Å². The summed E-state index contributed by atoms with van der Waals surface area (Å²) >= 11 is 6.13. The van der Waals surface area contributed by atoms with Gasteiger partial charge in [0.2, 0.25) is 5.88 Å². The molecule has 0 aliphatic carbocycles. The van der Waals surface area contributed by atoms with Gasteiger partial charge in [0, 0.05) is 11.6 Å². The van der Waals surface area contributed by atoms with Gasteiger partial charge in [-0.25, -0.2) is 9.18 Å². The number of carbonyl (C=O) groups excluding carboxylic acids is 1. The zero-order valence-corrected chi connectivity index (χ0v) is 22.7. The van der Waals surface area contributed by atoms with E-state index in [0.29, 0.717) is 35.0 Å². The predicted octanol–water partition coefficient (Wildman–Crippen LogP) is 6.89. The van der Waals surface area contributed by atoms with E-state index in [1.807, 2.05) is 13.0 Å². The number of hydrogen-bond donors (Lipinski definition) is 1. The van der Waals surface area contributed by atoms with E-state index in [9.17, 15) is 14.4 Å². The average molecular weight is 571 g/mol. The van der Waals surface area contributed by atoms with E-state index in [2.05, 4.69) is 6.07 Å². The summed E-state index contributed by atoms with van der Waals surface area (Å²) in [5, 5.41) is 10.2. The number of halogens is 2. The number of nitriles is 1. The molecule has 1 aliphatic rings. The van der Waals surface area contributed by atoms with Crippen molar-refractivity contribution in [2.75, 3.05) is 6.61 Å². The van der Waals surface area contributed by atoms with Crippen LogP contribution in [0.25, 0.3) is 0 Å². The van der Waals surface area contributed by atoms with Gasteiger partial charge in [0.15, 0.2) is 11.5 Å². The molecule has 2 N–H and O–H groups in total. The van der Waals surface area contributed by atoms with Crippen molar-refractivity contribution in [3.63, 3.8) is 0 Å². The largest absolute Gasteiger partial charge is 0.490 e. The van der Waals surface area contributed by atoms with E-state index < -0.39 is 11.9 Å². The Balaban J connectivity index is 1.45. The third kappa shape index (κ3) is 5.96. The van der Waals surface area contributed by atoms with Crippen LogP contribution in [-0.4, -0.2) is 12.6 Å². The van der Waals surface area contributed by atoms with E-state index >= 15 is 0 Å². The van der Waals surface area contributed by atoms with E-state index in [-0.39, 0.29) is 40.2 Å². The average Bonchev–Trinajstić information content (AvgIpc) is 2.97. The zero-order valence-electron chi connectivity index (χ0n) is 21.9. The lowest BCUT2D eigenvalue weighted by molar-refractivity contribution is 0.0734. The topological polar surface area (TPSA) is 104 Å². The van der Waals surface area contributed by atoms with Crippen LogP contribution in [0.1, 0.15) is 39.9 Å². The smallest absolute Gasteiger partial charge is 0.345 e. The van der Waals surface area contributed by atoms with Crippen molar-refractivity contribution >= 4 is 17.6 Å². The van der Waals surface area contributed by atoms with Crippen molar-refractivity contribution in [3.05, 3.63) is 129 Å². The lowest BCUT2D eigenvalue weighted by Crippen LogP contribution is -2.21. The number of hydrogen-bond acceptors (Lipinski definition) is 7. The SMILES string of the molecule is CCOc1cc(C2C(C#N)=C(N)Oc3cc(OC(=O)c4ccccc4Cl)ccc32)ccc1OCc1ccc(F)cc1. The first-order valence-electron chi connectivity index (χ1n) is 12.7. The molecule has 7 nitrogen and oxygen atoms in total. The summed E-state index contributed by atoms with van der Waals surface area (Å²) in [5.41, 5.74) is 8.78. The number of ether oxygens (including phenoxy) is 4. The fourth-order valence-corrected chi connectivity index (χ4v) is 4.68. The maximum atomic E-state index is 13.3. The summed E-state index contributed by atoms with van der Waals surface area (Å²) in [7, 11) is 0. The summed E-state index contributed by atoms with van der Waals surface area (Å²) in [6, 6.07) is 25.0. The molecule has 0 fully saturated rings. The van der Waals surface area contributed by atoms with Crippen molar-refractivity contribution in [1.82, 2.24) is 0 Å². The Morgan fingerprint density at radius 2 is 1.80 bits per heavy atom. The number of esters is 1. The number of fused-ring (bicyclic) bond motifs is 1. The quantitative estimate of drug-likeness (QED) is 0.182.